The third-order valence-corrected chi connectivity index (χ3v) is 4.01. The minimum atomic E-state index is 0.602. The molecular formula is C14H12ClN3OS. The SMILES string of the molecule is COc1ccccc1-n1cc(N)c(-c2csc(Cl)c2)n1. The van der Waals surface area contributed by atoms with Crippen LogP contribution in [-0.4, -0.2) is 16.9 Å². The first-order valence-electron chi connectivity index (χ1n) is 5.92. The topological polar surface area (TPSA) is 53.1 Å². The molecule has 2 N–H and O–H groups in total. The number of nitrogen functional groups attached to an aromatic ring is 1. The maximum Gasteiger partial charge on any atom is 0.144 e. The van der Waals surface area contributed by atoms with Crippen LogP contribution in [0, 0.1) is 0 Å². The Hall–Kier alpha value is -1.98. The van der Waals surface area contributed by atoms with E-state index >= 15 is 0 Å². The van der Waals surface area contributed by atoms with Gasteiger partial charge in [-0.1, -0.05) is 23.7 Å². The van der Waals surface area contributed by atoms with Crippen molar-refractivity contribution in [2.45, 2.75) is 0 Å². The second-order valence-corrected chi connectivity index (χ2v) is 5.73. The van der Waals surface area contributed by atoms with Crippen molar-refractivity contribution < 1.29 is 4.74 Å². The molecule has 0 aliphatic rings. The summed E-state index contributed by atoms with van der Waals surface area (Å²) in [7, 11) is 1.63. The summed E-state index contributed by atoms with van der Waals surface area (Å²) in [6.45, 7) is 0. The molecule has 0 atom stereocenters. The molecule has 0 aliphatic carbocycles. The highest BCUT2D eigenvalue weighted by atomic mass is 35.5. The monoisotopic (exact) mass is 305 g/mol. The minimum Gasteiger partial charge on any atom is -0.494 e. The molecule has 2 heterocycles. The second kappa shape index (κ2) is 5.19. The van der Waals surface area contributed by atoms with Gasteiger partial charge in [0.15, 0.2) is 0 Å². The number of nitrogens with two attached hydrogens (primary N) is 1. The normalized spacial score (nSPS) is 10.7. The molecule has 1 aromatic carbocycles. The van der Waals surface area contributed by atoms with Gasteiger partial charge < -0.3 is 10.5 Å². The lowest BCUT2D eigenvalue weighted by Gasteiger charge is -2.07. The first-order chi connectivity index (χ1) is 9.69. The van der Waals surface area contributed by atoms with Gasteiger partial charge in [-0.2, -0.15) is 5.10 Å². The quantitative estimate of drug-likeness (QED) is 0.799. The summed E-state index contributed by atoms with van der Waals surface area (Å²) in [5.41, 5.74) is 9.14. The van der Waals surface area contributed by atoms with Crippen LogP contribution in [0.15, 0.2) is 41.9 Å². The molecule has 3 aromatic rings. The fourth-order valence-corrected chi connectivity index (χ4v) is 2.85. The van der Waals surface area contributed by atoms with Gasteiger partial charge in [0.2, 0.25) is 0 Å². The molecule has 3 rings (SSSR count). The molecule has 4 nitrogen and oxygen atoms in total. The third-order valence-electron chi connectivity index (χ3n) is 2.92. The molecule has 6 heteroatoms. The number of nitrogens with zero attached hydrogens (tertiary/aromatic N) is 2. The smallest absolute Gasteiger partial charge is 0.144 e. The van der Waals surface area contributed by atoms with Gasteiger partial charge >= 0.3 is 0 Å². The van der Waals surface area contributed by atoms with Gasteiger partial charge in [-0.25, -0.2) is 4.68 Å². The Labute approximate surface area is 125 Å². The maximum absolute atomic E-state index is 6.05. The summed E-state index contributed by atoms with van der Waals surface area (Å²) in [5.74, 6) is 0.741. The van der Waals surface area contributed by atoms with E-state index in [0.717, 1.165) is 22.7 Å². The Morgan fingerprint density at radius 3 is 2.85 bits per heavy atom. The first-order valence-corrected chi connectivity index (χ1v) is 7.17. The number of aromatic nitrogens is 2. The fraction of sp³-hybridized carbons (Fsp3) is 0.0714. The van der Waals surface area contributed by atoms with Crippen LogP contribution in [0.25, 0.3) is 16.9 Å². The highest BCUT2D eigenvalue weighted by Crippen LogP contribution is 2.32. The molecule has 0 radical (unpaired) electrons. The number of halogens is 1. The highest BCUT2D eigenvalue weighted by Gasteiger charge is 2.13. The molecule has 0 bridgehead atoms. The van der Waals surface area contributed by atoms with E-state index in [0.29, 0.717) is 10.0 Å². The molecular weight excluding hydrogens is 294 g/mol. The van der Waals surface area contributed by atoms with Crippen LogP contribution in [0.4, 0.5) is 5.69 Å². The summed E-state index contributed by atoms with van der Waals surface area (Å²) in [6, 6.07) is 9.51. The van der Waals surface area contributed by atoms with Gasteiger partial charge in [-0.05, 0) is 18.2 Å². The zero-order valence-corrected chi connectivity index (χ0v) is 12.3. The first kappa shape index (κ1) is 13.0. The summed E-state index contributed by atoms with van der Waals surface area (Å²) >= 11 is 7.41. The van der Waals surface area contributed by atoms with Crippen LogP contribution < -0.4 is 10.5 Å². The molecule has 102 valence electrons. The van der Waals surface area contributed by atoms with E-state index in [2.05, 4.69) is 5.10 Å². The van der Waals surface area contributed by atoms with E-state index in [4.69, 9.17) is 22.1 Å². The van der Waals surface area contributed by atoms with E-state index in [9.17, 15) is 0 Å². The van der Waals surface area contributed by atoms with Gasteiger partial charge in [0.25, 0.3) is 0 Å². The van der Waals surface area contributed by atoms with E-state index in [1.807, 2.05) is 35.7 Å². The zero-order chi connectivity index (χ0) is 14.1. The summed E-state index contributed by atoms with van der Waals surface area (Å²) in [6.07, 6.45) is 1.78. The van der Waals surface area contributed by atoms with Crippen LogP contribution in [0.2, 0.25) is 4.34 Å². The number of anilines is 1. The van der Waals surface area contributed by atoms with E-state index in [1.54, 1.807) is 18.0 Å². The third kappa shape index (κ3) is 2.26. The summed E-state index contributed by atoms with van der Waals surface area (Å²) < 4.78 is 7.77. The van der Waals surface area contributed by atoms with Crippen molar-refractivity contribution in [1.29, 1.82) is 0 Å². The van der Waals surface area contributed by atoms with Crippen molar-refractivity contribution in [3.63, 3.8) is 0 Å². The number of rotatable bonds is 3. The molecule has 2 aromatic heterocycles. The number of ether oxygens (including phenoxy) is 1. The lowest BCUT2D eigenvalue weighted by molar-refractivity contribution is 0.412. The zero-order valence-electron chi connectivity index (χ0n) is 10.7. The van der Waals surface area contributed by atoms with Gasteiger partial charge in [-0.3, -0.25) is 0 Å². The maximum atomic E-state index is 6.05. The molecule has 20 heavy (non-hydrogen) atoms. The summed E-state index contributed by atoms with van der Waals surface area (Å²) in [5, 5.41) is 6.47. The van der Waals surface area contributed by atoms with Crippen molar-refractivity contribution in [2.24, 2.45) is 0 Å². The molecule has 0 amide bonds. The Kier molecular flexibility index (Phi) is 3.38. The summed E-state index contributed by atoms with van der Waals surface area (Å²) in [4.78, 5) is 0. The molecule has 0 spiro atoms. The average Bonchev–Trinajstić information content (AvgIpc) is 3.04. The van der Waals surface area contributed by atoms with Gasteiger partial charge in [0, 0.05) is 10.9 Å². The van der Waals surface area contributed by atoms with Crippen LogP contribution >= 0.6 is 22.9 Å². The van der Waals surface area contributed by atoms with Crippen molar-refractivity contribution in [2.75, 3.05) is 12.8 Å². The molecule has 0 saturated heterocycles. The van der Waals surface area contributed by atoms with Crippen molar-refractivity contribution in [3.05, 3.63) is 46.2 Å². The molecule has 0 saturated carbocycles. The largest absolute Gasteiger partial charge is 0.494 e. The van der Waals surface area contributed by atoms with Crippen molar-refractivity contribution in [3.8, 4) is 22.7 Å². The Morgan fingerprint density at radius 2 is 2.15 bits per heavy atom. The molecule has 0 aliphatic heterocycles. The number of hydrogen-bond acceptors (Lipinski definition) is 4. The second-order valence-electron chi connectivity index (χ2n) is 4.19. The van der Waals surface area contributed by atoms with Crippen molar-refractivity contribution in [1.82, 2.24) is 9.78 Å². The number of methoxy groups -OCH3 is 1. The lowest BCUT2D eigenvalue weighted by Crippen LogP contribution is -1.98. The number of thiophene rings is 1. The fourth-order valence-electron chi connectivity index (χ4n) is 1.99. The predicted molar refractivity (Wildman–Crippen MR) is 82.9 cm³/mol. The minimum absolute atomic E-state index is 0.602. The highest BCUT2D eigenvalue weighted by molar-refractivity contribution is 7.14. The molecule has 0 fully saturated rings. The lowest BCUT2D eigenvalue weighted by atomic mass is 10.2. The number of benzene rings is 1. The number of para-hydroxylation sites is 2. The van der Waals surface area contributed by atoms with Gasteiger partial charge in [-0.15, -0.1) is 11.3 Å². The average molecular weight is 306 g/mol. The number of hydrogen-bond donors (Lipinski definition) is 1. The van der Waals surface area contributed by atoms with E-state index in [1.165, 1.54) is 11.3 Å². The van der Waals surface area contributed by atoms with Crippen molar-refractivity contribution >= 4 is 28.6 Å². The van der Waals surface area contributed by atoms with Crippen LogP contribution in [0.3, 0.4) is 0 Å². The predicted octanol–water partition coefficient (Wildman–Crippen LogP) is 3.85. The Morgan fingerprint density at radius 1 is 1.35 bits per heavy atom. The van der Waals surface area contributed by atoms with Gasteiger partial charge in [0.05, 0.1) is 23.3 Å². The van der Waals surface area contributed by atoms with E-state index in [-0.39, 0.29) is 0 Å². The van der Waals surface area contributed by atoms with Crippen LogP contribution in [0.1, 0.15) is 0 Å². The Bertz CT molecular complexity index is 750. The van der Waals surface area contributed by atoms with Crippen LogP contribution in [0.5, 0.6) is 5.75 Å². The Balaban J connectivity index is 2.09. The van der Waals surface area contributed by atoms with Gasteiger partial charge in [0.1, 0.15) is 17.1 Å². The molecule has 0 unspecified atom stereocenters. The van der Waals surface area contributed by atoms with E-state index < -0.39 is 0 Å². The van der Waals surface area contributed by atoms with Crippen LogP contribution in [-0.2, 0) is 0 Å². The standard InChI is InChI=1S/C14H12ClN3OS/c1-19-12-5-3-2-4-11(12)18-7-10(16)14(17-18)9-6-13(15)20-8-9/h2-8H,16H2,1H3.